The smallest absolute Gasteiger partial charge is 0.274 e. The first-order chi connectivity index (χ1) is 15.3. The molecule has 0 saturated carbocycles. The summed E-state index contributed by atoms with van der Waals surface area (Å²) in [5.74, 6) is -0.307. The first-order valence-electron chi connectivity index (χ1n) is 10.5. The van der Waals surface area contributed by atoms with Crippen LogP contribution in [0, 0.1) is 5.92 Å². The van der Waals surface area contributed by atoms with E-state index in [1.165, 1.54) is 10.9 Å². The van der Waals surface area contributed by atoms with Gasteiger partial charge in [-0.05, 0) is 12.0 Å². The van der Waals surface area contributed by atoms with Crippen LogP contribution < -0.4 is 5.32 Å². The Morgan fingerprint density at radius 3 is 2.62 bits per heavy atom. The molecular formula is C24H26N6O2. The minimum Gasteiger partial charge on any atom is -0.341 e. The molecule has 32 heavy (non-hydrogen) atoms. The molecule has 0 spiro atoms. The number of imidazole rings is 1. The number of rotatable bonds is 6. The zero-order chi connectivity index (χ0) is 22.8. The number of anilines is 1. The molecule has 3 heterocycles. The van der Waals surface area contributed by atoms with E-state index in [1.54, 1.807) is 31.1 Å². The maximum Gasteiger partial charge on any atom is 0.274 e. The van der Waals surface area contributed by atoms with Gasteiger partial charge in [0.15, 0.2) is 0 Å². The van der Waals surface area contributed by atoms with Crippen LogP contribution in [0.5, 0.6) is 0 Å². The molecule has 164 valence electrons. The molecular weight excluding hydrogens is 404 g/mol. The Balaban J connectivity index is 1.58. The molecule has 0 unspecified atom stereocenters. The van der Waals surface area contributed by atoms with E-state index in [4.69, 9.17) is 0 Å². The number of benzene rings is 1. The van der Waals surface area contributed by atoms with Gasteiger partial charge in [0.25, 0.3) is 11.8 Å². The lowest BCUT2D eigenvalue weighted by Gasteiger charge is -2.19. The minimum absolute atomic E-state index is 0.221. The largest absolute Gasteiger partial charge is 0.341 e. The summed E-state index contributed by atoms with van der Waals surface area (Å²) in [6.07, 6.45) is 5.23. The van der Waals surface area contributed by atoms with Gasteiger partial charge in [-0.1, -0.05) is 44.2 Å². The summed E-state index contributed by atoms with van der Waals surface area (Å²) in [4.78, 5) is 32.2. The first-order valence-corrected chi connectivity index (χ1v) is 10.5. The number of hydrogen-bond donors (Lipinski definition) is 1. The zero-order valence-electron chi connectivity index (χ0n) is 18.6. The average Bonchev–Trinajstić information content (AvgIpc) is 3.36. The summed E-state index contributed by atoms with van der Waals surface area (Å²) in [6.45, 7) is 4.67. The summed E-state index contributed by atoms with van der Waals surface area (Å²) in [5, 5.41) is 7.02. The van der Waals surface area contributed by atoms with E-state index in [-0.39, 0.29) is 17.2 Å². The van der Waals surface area contributed by atoms with E-state index in [1.807, 2.05) is 61.0 Å². The Morgan fingerprint density at radius 2 is 1.91 bits per heavy atom. The molecule has 1 N–H and O–H groups in total. The normalized spacial score (nSPS) is 11.2. The molecule has 0 aliphatic rings. The average molecular weight is 431 g/mol. The van der Waals surface area contributed by atoms with E-state index in [0.717, 1.165) is 11.3 Å². The molecule has 0 aliphatic heterocycles. The summed E-state index contributed by atoms with van der Waals surface area (Å²) >= 11 is 0. The van der Waals surface area contributed by atoms with Crippen LogP contribution in [0.1, 0.15) is 34.7 Å². The molecule has 0 aliphatic carbocycles. The number of carbonyl (C=O) groups is 2. The Bertz CT molecular complexity index is 1270. The predicted molar refractivity (Wildman–Crippen MR) is 124 cm³/mol. The number of fused-ring (bicyclic) bond motifs is 1. The van der Waals surface area contributed by atoms with Crippen molar-refractivity contribution in [3.8, 4) is 11.3 Å². The van der Waals surface area contributed by atoms with Crippen molar-refractivity contribution in [2.75, 3.05) is 18.9 Å². The van der Waals surface area contributed by atoms with Crippen LogP contribution in [0.15, 0.2) is 61.1 Å². The maximum atomic E-state index is 13.1. The molecule has 4 rings (SSSR count). The molecule has 0 saturated heterocycles. The van der Waals surface area contributed by atoms with Crippen molar-refractivity contribution in [2.45, 2.75) is 13.8 Å². The van der Waals surface area contributed by atoms with Gasteiger partial charge in [-0.25, -0.2) is 4.98 Å². The van der Waals surface area contributed by atoms with Gasteiger partial charge in [-0.2, -0.15) is 5.10 Å². The second-order valence-electron chi connectivity index (χ2n) is 8.24. The standard InChI is InChI=1S/C24H26N6O2/c1-16(2)14-28(3)24(32)19-13-25-29(4)22(19)23(31)26-18-10-11-30-15-20(27-21(30)12-18)17-8-6-5-7-9-17/h5-13,15-16H,14H2,1-4H3,(H,26,31). The van der Waals surface area contributed by atoms with Gasteiger partial charge >= 0.3 is 0 Å². The molecule has 8 nitrogen and oxygen atoms in total. The summed E-state index contributed by atoms with van der Waals surface area (Å²) in [6, 6.07) is 13.5. The van der Waals surface area contributed by atoms with Crippen LogP contribution in [-0.2, 0) is 7.05 Å². The quantitative estimate of drug-likeness (QED) is 0.505. The number of hydrogen-bond acceptors (Lipinski definition) is 4. The van der Waals surface area contributed by atoms with Crippen molar-refractivity contribution < 1.29 is 9.59 Å². The molecule has 0 radical (unpaired) electrons. The van der Waals surface area contributed by atoms with Crippen LogP contribution in [0.3, 0.4) is 0 Å². The lowest BCUT2D eigenvalue weighted by atomic mass is 10.1. The van der Waals surface area contributed by atoms with Crippen LogP contribution >= 0.6 is 0 Å². The van der Waals surface area contributed by atoms with Gasteiger partial charge < -0.3 is 14.6 Å². The zero-order valence-corrected chi connectivity index (χ0v) is 18.6. The second kappa shape index (κ2) is 8.66. The van der Waals surface area contributed by atoms with E-state index < -0.39 is 5.91 Å². The third kappa shape index (κ3) is 4.25. The predicted octanol–water partition coefficient (Wildman–Crippen LogP) is 3.72. The fourth-order valence-corrected chi connectivity index (χ4v) is 3.70. The van der Waals surface area contributed by atoms with Gasteiger partial charge in [0.1, 0.15) is 11.3 Å². The SMILES string of the molecule is CC(C)CN(C)C(=O)c1cnn(C)c1C(=O)Nc1ccn2cc(-c3ccccc3)nc2c1. The van der Waals surface area contributed by atoms with E-state index in [9.17, 15) is 9.59 Å². The lowest BCUT2D eigenvalue weighted by Crippen LogP contribution is -2.32. The number of aryl methyl sites for hydroxylation is 1. The van der Waals surface area contributed by atoms with Gasteiger partial charge in [0, 0.05) is 50.4 Å². The Hall–Kier alpha value is -3.94. The first kappa shape index (κ1) is 21.3. The number of aromatic nitrogens is 4. The minimum atomic E-state index is -0.398. The Morgan fingerprint density at radius 1 is 1.16 bits per heavy atom. The van der Waals surface area contributed by atoms with Gasteiger partial charge in [-0.15, -0.1) is 0 Å². The maximum absolute atomic E-state index is 13.1. The van der Waals surface area contributed by atoms with Gasteiger partial charge in [-0.3, -0.25) is 14.3 Å². The van der Waals surface area contributed by atoms with Gasteiger partial charge in [0.05, 0.1) is 17.5 Å². The lowest BCUT2D eigenvalue weighted by molar-refractivity contribution is 0.0774. The number of carbonyl (C=O) groups excluding carboxylic acids is 2. The van der Waals surface area contributed by atoms with Crippen LogP contribution in [0.4, 0.5) is 5.69 Å². The summed E-state index contributed by atoms with van der Waals surface area (Å²) in [5.41, 5.74) is 3.66. The molecule has 2 amide bonds. The molecule has 0 fully saturated rings. The molecule has 4 aromatic rings. The van der Waals surface area contributed by atoms with E-state index in [2.05, 4.69) is 15.4 Å². The molecule has 3 aromatic heterocycles. The molecule has 1 aromatic carbocycles. The monoisotopic (exact) mass is 430 g/mol. The topological polar surface area (TPSA) is 84.5 Å². The second-order valence-corrected chi connectivity index (χ2v) is 8.24. The molecule has 8 heteroatoms. The fraction of sp³-hybridized carbons (Fsp3) is 0.250. The van der Waals surface area contributed by atoms with Crippen LogP contribution in [-0.4, -0.2) is 49.5 Å². The summed E-state index contributed by atoms with van der Waals surface area (Å²) < 4.78 is 3.32. The number of nitrogens with zero attached hydrogens (tertiary/aromatic N) is 5. The van der Waals surface area contributed by atoms with Crippen LogP contribution in [0.25, 0.3) is 16.9 Å². The van der Waals surface area contributed by atoms with Crippen molar-refractivity contribution in [1.29, 1.82) is 0 Å². The molecule has 0 bridgehead atoms. The Labute approximate surface area is 186 Å². The fourth-order valence-electron chi connectivity index (χ4n) is 3.70. The van der Waals surface area contributed by atoms with Crippen molar-refractivity contribution in [3.63, 3.8) is 0 Å². The number of nitrogens with one attached hydrogen (secondary N) is 1. The molecule has 0 atom stereocenters. The van der Waals surface area contributed by atoms with E-state index >= 15 is 0 Å². The van der Waals surface area contributed by atoms with Crippen molar-refractivity contribution >= 4 is 23.1 Å². The van der Waals surface area contributed by atoms with Gasteiger partial charge in [0.2, 0.25) is 0 Å². The highest BCUT2D eigenvalue weighted by Crippen LogP contribution is 2.21. The number of amides is 2. The third-order valence-electron chi connectivity index (χ3n) is 5.16. The highest BCUT2D eigenvalue weighted by atomic mass is 16.2. The summed E-state index contributed by atoms with van der Waals surface area (Å²) in [7, 11) is 3.38. The highest BCUT2D eigenvalue weighted by Gasteiger charge is 2.25. The van der Waals surface area contributed by atoms with Crippen LogP contribution in [0.2, 0.25) is 0 Å². The third-order valence-corrected chi connectivity index (χ3v) is 5.16. The Kier molecular flexibility index (Phi) is 5.77. The highest BCUT2D eigenvalue weighted by molar-refractivity contribution is 6.11. The van der Waals surface area contributed by atoms with E-state index in [0.29, 0.717) is 23.8 Å². The number of pyridine rings is 1. The van der Waals surface area contributed by atoms with Crippen molar-refractivity contribution in [2.24, 2.45) is 13.0 Å². The van der Waals surface area contributed by atoms with Crippen molar-refractivity contribution in [3.05, 3.63) is 72.3 Å². The van der Waals surface area contributed by atoms with Crippen molar-refractivity contribution in [1.82, 2.24) is 24.1 Å².